The van der Waals surface area contributed by atoms with E-state index in [0.717, 1.165) is 38.0 Å². The first-order chi connectivity index (χ1) is 8.70. The van der Waals surface area contributed by atoms with E-state index in [1.165, 1.54) is 18.6 Å². The zero-order chi connectivity index (χ0) is 13.0. The molecule has 0 heterocycles. The number of anilines is 1. The Labute approximate surface area is 108 Å². The van der Waals surface area contributed by atoms with Crippen LogP contribution in [0.1, 0.15) is 32.6 Å². The van der Waals surface area contributed by atoms with E-state index in [9.17, 15) is 9.50 Å². The average molecular weight is 251 g/mol. The highest BCUT2D eigenvalue weighted by Crippen LogP contribution is 2.27. The molecule has 3 heteroatoms. The summed E-state index contributed by atoms with van der Waals surface area (Å²) in [4.78, 5) is 2.22. The normalized spacial score (nSPS) is 23.9. The fraction of sp³-hybridized carbons (Fsp3) is 0.600. The Morgan fingerprint density at radius 1 is 1.22 bits per heavy atom. The van der Waals surface area contributed by atoms with Crippen molar-refractivity contribution in [1.82, 2.24) is 0 Å². The van der Waals surface area contributed by atoms with E-state index in [0.29, 0.717) is 5.92 Å². The maximum absolute atomic E-state index is 12.9. The molecule has 2 atom stereocenters. The Bertz CT molecular complexity index is 365. The summed E-state index contributed by atoms with van der Waals surface area (Å²) in [5, 5.41) is 10.0. The van der Waals surface area contributed by atoms with E-state index in [1.54, 1.807) is 0 Å². The van der Waals surface area contributed by atoms with Gasteiger partial charge < -0.3 is 10.0 Å². The summed E-state index contributed by atoms with van der Waals surface area (Å²) < 4.78 is 12.9. The molecule has 1 aliphatic carbocycles. The minimum atomic E-state index is -0.201. The first-order valence-electron chi connectivity index (χ1n) is 6.89. The Morgan fingerprint density at radius 3 is 2.50 bits per heavy atom. The van der Waals surface area contributed by atoms with E-state index in [4.69, 9.17) is 0 Å². The van der Waals surface area contributed by atoms with Crippen molar-refractivity contribution in [3.63, 3.8) is 0 Å². The van der Waals surface area contributed by atoms with E-state index < -0.39 is 0 Å². The third kappa shape index (κ3) is 3.22. The lowest BCUT2D eigenvalue weighted by molar-refractivity contribution is 0.0732. The van der Waals surface area contributed by atoms with Gasteiger partial charge in [0, 0.05) is 24.7 Å². The molecule has 0 bridgehead atoms. The van der Waals surface area contributed by atoms with Crippen LogP contribution in [0.15, 0.2) is 24.3 Å². The second-order valence-corrected chi connectivity index (χ2v) is 5.13. The summed E-state index contributed by atoms with van der Waals surface area (Å²) in [6, 6.07) is 6.62. The summed E-state index contributed by atoms with van der Waals surface area (Å²) in [7, 11) is 0. The highest BCUT2D eigenvalue weighted by atomic mass is 19.1. The van der Waals surface area contributed by atoms with Crippen LogP contribution in [0.25, 0.3) is 0 Å². The Hall–Kier alpha value is -1.09. The van der Waals surface area contributed by atoms with Crippen molar-refractivity contribution in [2.24, 2.45) is 5.92 Å². The molecule has 1 saturated carbocycles. The number of aliphatic hydroxyl groups is 1. The molecular formula is C15H22FNO. The Kier molecular flexibility index (Phi) is 4.59. The van der Waals surface area contributed by atoms with E-state index in [2.05, 4.69) is 11.8 Å². The van der Waals surface area contributed by atoms with E-state index >= 15 is 0 Å². The monoisotopic (exact) mass is 251 g/mol. The summed E-state index contributed by atoms with van der Waals surface area (Å²) >= 11 is 0. The van der Waals surface area contributed by atoms with Crippen LogP contribution in [0.5, 0.6) is 0 Å². The van der Waals surface area contributed by atoms with Crippen molar-refractivity contribution in [3.05, 3.63) is 30.1 Å². The van der Waals surface area contributed by atoms with Gasteiger partial charge in [-0.05, 0) is 44.0 Å². The van der Waals surface area contributed by atoms with Gasteiger partial charge in [0.2, 0.25) is 0 Å². The fourth-order valence-electron chi connectivity index (χ4n) is 2.75. The standard InChI is InChI=1S/C15H22FNO/c1-2-17(14-9-7-13(16)8-10-14)11-12-5-3-4-6-15(12)18/h7-10,12,15,18H,2-6,11H2,1H3. The predicted molar refractivity (Wildman–Crippen MR) is 72.3 cm³/mol. The number of halogens is 1. The Balaban J connectivity index is 2.02. The molecule has 0 amide bonds. The smallest absolute Gasteiger partial charge is 0.123 e. The third-order valence-electron chi connectivity index (χ3n) is 3.90. The molecule has 1 fully saturated rings. The lowest BCUT2D eigenvalue weighted by Gasteiger charge is -2.33. The quantitative estimate of drug-likeness (QED) is 0.888. The molecule has 1 aromatic rings. The predicted octanol–water partition coefficient (Wildman–Crippen LogP) is 3.20. The molecular weight excluding hydrogens is 229 g/mol. The average Bonchev–Trinajstić information content (AvgIpc) is 2.39. The van der Waals surface area contributed by atoms with Crippen LogP contribution in [0.3, 0.4) is 0 Å². The van der Waals surface area contributed by atoms with Crippen LogP contribution < -0.4 is 4.90 Å². The summed E-state index contributed by atoms with van der Waals surface area (Å²) in [5.41, 5.74) is 1.04. The van der Waals surface area contributed by atoms with Crippen molar-refractivity contribution >= 4 is 5.69 Å². The van der Waals surface area contributed by atoms with Gasteiger partial charge in [0.15, 0.2) is 0 Å². The second-order valence-electron chi connectivity index (χ2n) is 5.13. The molecule has 1 N–H and O–H groups in total. The second kappa shape index (κ2) is 6.19. The molecule has 0 radical (unpaired) electrons. The largest absolute Gasteiger partial charge is 0.393 e. The molecule has 2 rings (SSSR count). The molecule has 1 aromatic carbocycles. The van der Waals surface area contributed by atoms with Crippen LogP contribution in [0.4, 0.5) is 10.1 Å². The highest BCUT2D eigenvalue weighted by molar-refractivity contribution is 5.46. The van der Waals surface area contributed by atoms with Gasteiger partial charge in [-0.1, -0.05) is 12.8 Å². The number of hydrogen-bond acceptors (Lipinski definition) is 2. The molecule has 0 aliphatic heterocycles. The minimum absolute atomic E-state index is 0.173. The van der Waals surface area contributed by atoms with Gasteiger partial charge in [-0.15, -0.1) is 0 Å². The van der Waals surface area contributed by atoms with Crippen LogP contribution in [0.2, 0.25) is 0 Å². The summed E-state index contributed by atoms with van der Waals surface area (Å²) in [6.07, 6.45) is 4.20. The zero-order valence-corrected chi connectivity index (χ0v) is 11.0. The van der Waals surface area contributed by atoms with Gasteiger partial charge in [0.05, 0.1) is 6.10 Å². The van der Waals surface area contributed by atoms with Gasteiger partial charge in [0.1, 0.15) is 5.82 Å². The van der Waals surface area contributed by atoms with Crippen LogP contribution in [-0.2, 0) is 0 Å². The zero-order valence-electron chi connectivity index (χ0n) is 11.0. The third-order valence-corrected chi connectivity index (χ3v) is 3.90. The fourth-order valence-corrected chi connectivity index (χ4v) is 2.75. The van der Waals surface area contributed by atoms with Crippen LogP contribution in [-0.4, -0.2) is 24.3 Å². The topological polar surface area (TPSA) is 23.5 Å². The number of benzene rings is 1. The molecule has 1 aliphatic rings. The molecule has 100 valence electrons. The minimum Gasteiger partial charge on any atom is -0.393 e. The maximum atomic E-state index is 12.9. The molecule has 0 saturated heterocycles. The molecule has 18 heavy (non-hydrogen) atoms. The van der Waals surface area contributed by atoms with Crippen LogP contribution in [0, 0.1) is 11.7 Å². The molecule has 0 aromatic heterocycles. The number of hydrogen-bond donors (Lipinski definition) is 1. The first-order valence-corrected chi connectivity index (χ1v) is 6.89. The number of nitrogens with zero attached hydrogens (tertiary/aromatic N) is 1. The van der Waals surface area contributed by atoms with Crippen molar-refractivity contribution in [1.29, 1.82) is 0 Å². The van der Waals surface area contributed by atoms with Crippen molar-refractivity contribution < 1.29 is 9.50 Å². The van der Waals surface area contributed by atoms with Gasteiger partial charge in [-0.2, -0.15) is 0 Å². The Morgan fingerprint density at radius 2 is 1.89 bits per heavy atom. The lowest BCUT2D eigenvalue weighted by Crippen LogP contribution is -2.37. The first kappa shape index (κ1) is 13.3. The van der Waals surface area contributed by atoms with E-state index in [-0.39, 0.29) is 11.9 Å². The SMILES string of the molecule is CCN(CC1CCCCC1O)c1ccc(F)cc1. The van der Waals surface area contributed by atoms with Gasteiger partial charge in [-0.25, -0.2) is 4.39 Å². The molecule has 2 unspecified atom stereocenters. The molecule has 2 nitrogen and oxygen atoms in total. The lowest BCUT2D eigenvalue weighted by atomic mass is 9.86. The van der Waals surface area contributed by atoms with Crippen molar-refractivity contribution in [2.45, 2.75) is 38.7 Å². The van der Waals surface area contributed by atoms with Gasteiger partial charge >= 0.3 is 0 Å². The van der Waals surface area contributed by atoms with Gasteiger partial charge in [0.25, 0.3) is 0 Å². The van der Waals surface area contributed by atoms with Crippen molar-refractivity contribution in [3.8, 4) is 0 Å². The summed E-state index contributed by atoms with van der Waals surface area (Å²) in [6.45, 7) is 3.84. The van der Waals surface area contributed by atoms with Crippen molar-refractivity contribution in [2.75, 3.05) is 18.0 Å². The van der Waals surface area contributed by atoms with Crippen LogP contribution >= 0.6 is 0 Å². The van der Waals surface area contributed by atoms with Gasteiger partial charge in [-0.3, -0.25) is 0 Å². The number of aliphatic hydroxyl groups excluding tert-OH is 1. The number of rotatable bonds is 4. The highest BCUT2D eigenvalue weighted by Gasteiger charge is 2.24. The maximum Gasteiger partial charge on any atom is 0.123 e. The molecule has 0 spiro atoms. The summed E-state index contributed by atoms with van der Waals surface area (Å²) in [5.74, 6) is 0.149. The van der Waals surface area contributed by atoms with E-state index in [1.807, 2.05) is 12.1 Å².